The number of nitrogens with one attached hydrogen (secondary N) is 1. The normalized spacial score (nSPS) is 9.67. The Morgan fingerprint density at radius 2 is 1.92 bits per heavy atom. The highest BCUT2D eigenvalue weighted by Crippen LogP contribution is 2.12. The van der Waals surface area contributed by atoms with E-state index in [0.717, 1.165) is 0 Å². The van der Waals surface area contributed by atoms with Crippen molar-refractivity contribution in [2.24, 2.45) is 0 Å². The van der Waals surface area contributed by atoms with E-state index < -0.39 is 0 Å². The van der Waals surface area contributed by atoms with E-state index in [9.17, 15) is 0 Å². The van der Waals surface area contributed by atoms with Gasteiger partial charge in [-0.05, 0) is 29.1 Å². The topological polar surface area (TPSA) is 28.7 Å². The van der Waals surface area contributed by atoms with Gasteiger partial charge in [0.1, 0.15) is 0 Å². The molecule has 60 valence electrons. The van der Waals surface area contributed by atoms with E-state index in [1.165, 1.54) is 21.6 Å². The van der Waals surface area contributed by atoms with Gasteiger partial charge in [-0.15, -0.1) is 0 Å². The van der Waals surface area contributed by atoms with Crippen molar-refractivity contribution in [3.63, 3.8) is 0 Å². The van der Waals surface area contributed by atoms with Crippen molar-refractivity contribution >= 4 is 21.6 Å². The Hall–Kier alpha value is -1.35. The molecule has 1 heterocycles. The number of hydrogen-bond donors (Lipinski definition) is 1. The van der Waals surface area contributed by atoms with E-state index in [1.54, 1.807) is 6.20 Å². The second kappa shape index (κ2) is 3.36. The third-order valence-corrected chi connectivity index (χ3v) is 2.35. The second-order valence-electron chi connectivity index (χ2n) is 2.37. The number of aromatic amines is 1. The molecule has 1 N–H and O–H groups in total. The fraction of sp³-hybridized carbons (Fsp3) is 0. The standard InChI is InChI=1S/C9H8N2S/c1-2-6-9-8(4-1)5-3-7-10-11-12-9/h1-7,11H. The lowest BCUT2D eigenvalue weighted by Crippen LogP contribution is -1.69. The molecule has 0 aliphatic heterocycles. The minimum Gasteiger partial charge on any atom is -0.232 e. The van der Waals surface area contributed by atoms with Crippen LogP contribution in [-0.4, -0.2) is 9.59 Å². The van der Waals surface area contributed by atoms with Crippen LogP contribution in [0.5, 0.6) is 0 Å². The molecule has 0 unspecified atom stereocenters. The summed E-state index contributed by atoms with van der Waals surface area (Å²) in [6.45, 7) is 0. The highest BCUT2D eigenvalue weighted by Gasteiger charge is 1.85. The maximum Gasteiger partial charge on any atom is 0.0527 e. The van der Waals surface area contributed by atoms with E-state index >= 15 is 0 Å². The van der Waals surface area contributed by atoms with Crippen molar-refractivity contribution in [3.8, 4) is 0 Å². The van der Waals surface area contributed by atoms with Crippen LogP contribution in [0.3, 0.4) is 0 Å². The lowest BCUT2D eigenvalue weighted by atomic mass is 10.3. The molecule has 0 amide bonds. The van der Waals surface area contributed by atoms with Crippen LogP contribution >= 0.6 is 11.5 Å². The Bertz CT molecular complexity index is 374. The Kier molecular flexibility index (Phi) is 2.05. The molecular formula is C9H8N2S. The summed E-state index contributed by atoms with van der Waals surface area (Å²) < 4.78 is 4.08. The maximum absolute atomic E-state index is 3.93. The predicted molar refractivity (Wildman–Crippen MR) is 51.6 cm³/mol. The zero-order chi connectivity index (χ0) is 8.23. The zero-order valence-electron chi connectivity index (χ0n) is 6.40. The largest absolute Gasteiger partial charge is 0.232 e. The van der Waals surface area contributed by atoms with Gasteiger partial charge in [-0.3, -0.25) is 0 Å². The molecule has 0 aliphatic carbocycles. The number of fused-ring (bicyclic) bond motifs is 1. The first-order chi connectivity index (χ1) is 5.97. The maximum atomic E-state index is 3.93. The van der Waals surface area contributed by atoms with Crippen molar-refractivity contribution in [3.05, 3.63) is 42.6 Å². The third kappa shape index (κ3) is 1.46. The van der Waals surface area contributed by atoms with Gasteiger partial charge in [0, 0.05) is 6.20 Å². The van der Waals surface area contributed by atoms with Gasteiger partial charge in [0.15, 0.2) is 0 Å². The van der Waals surface area contributed by atoms with Crippen molar-refractivity contribution in [1.29, 1.82) is 0 Å². The molecule has 2 rings (SSSR count). The molecular weight excluding hydrogens is 168 g/mol. The number of nitrogens with zero attached hydrogens (tertiary/aromatic N) is 1. The van der Waals surface area contributed by atoms with Gasteiger partial charge >= 0.3 is 0 Å². The third-order valence-electron chi connectivity index (χ3n) is 1.56. The minimum atomic E-state index is 1.20. The van der Waals surface area contributed by atoms with Crippen LogP contribution < -0.4 is 0 Å². The zero-order valence-corrected chi connectivity index (χ0v) is 7.21. The molecule has 0 saturated heterocycles. The minimum absolute atomic E-state index is 1.20. The van der Waals surface area contributed by atoms with Gasteiger partial charge in [0.25, 0.3) is 0 Å². The fourth-order valence-corrected chi connectivity index (χ4v) is 1.62. The second-order valence-corrected chi connectivity index (χ2v) is 3.19. The highest BCUT2D eigenvalue weighted by molar-refractivity contribution is 7.12. The van der Waals surface area contributed by atoms with E-state index in [-0.39, 0.29) is 0 Å². The van der Waals surface area contributed by atoms with Crippen molar-refractivity contribution in [2.45, 2.75) is 0 Å². The smallest absolute Gasteiger partial charge is 0.0527 e. The Labute approximate surface area is 74.3 Å². The molecule has 2 aromatic rings. The fourth-order valence-electron chi connectivity index (χ4n) is 1.01. The lowest BCUT2D eigenvalue weighted by Gasteiger charge is -1.89. The molecule has 0 fully saturated rings. The van der Waals surface area contributed by atoms with E-state index in [2.05, 4.69) is 21.7 Å². The summed E-state index contributed by atoms with van der Waals surface area (Å²) in [6.07, 6.45) is 1.74. The molecule has 3 heteroatoms. The SMILES string of the molecule is c1ccc2s[nH]ncccc2c1. The monoisotopic (exact) mass is 176 g/mol. The number of rotatable bonds is 0. The molecule has 0 radical (unpaired) electrons. The average molecular weight is 176 g/mol. The van der Waals surface area contributed by atoms with Gasteiger partial charge in [0.05, 0.1) is 4.70 Å². The quantitative estimate of drug-likeness (QED) is 0.657. The molecule has 1 aromatic heterocycles. The summed E-state index contributed by atoms with van der Waals surface area (Å²) in [5.41, 5.74) is 0. The Morgan fingerprint density at radius 1 is 1.08 bits per heavy atom. The molecule has 0 spiro atoms. The van der Waals surface area contributed by atoms with Crippen LogP contribution in [0.1, 0.15) is 0 Å². The molecule has 1 aromatic carbocycles. The highest BCUT2D eigenvalue weighted by atomic mass is 32.1. The van der Waals surface area contributed by atoms with Crippen LogP contribution in [0.4, 0.5) is 0 Å². The average Bonchev–Trinajstić information content (AvgIpc) is 2.06. The first-order valence-electron chi connectivity index (χ1n) is 3.67. The van der Waals surface area contributed by atoms with E-state index in [1.807, 2.05) is 24.3 Å². The van der Waals surface area contributed by atoms with Crippen LogP contribution in [0.2, 0.25) is 0 Å². The van der Waals surface area contributed by atoms with Gasteiger partial charge in [-0.2, -0.15) is 5.10 Å². The van der Waals surface area contributed by atoms with Crippen LogP contribution in [-0.2, 0) is 0 Å². The number of benzene rings is 1. The number of H-pyrrole nitrogens is 1. The van der Waals surface area contributed by atoms with Gasteiger partial charge < -0.3 is 0 Å². The van der Waals surface area contributed by atoms with Crippen molar-refractivity contribution in [1.82, 2.24) is 9.59 Å². The van der Waals surface area contributed by atoms with E-state index in [0.29, 0.717) is 0 Å². The van der Waals surface area contributed by atoms with Crippen molar-refractivity contribution in [2.75, 3.05) is 0 Å². The first-order valence-corrected chi connectivity index (χ1v) is 4.49. The molecule has 0 atom stereocenters. The molecule has 0 aliphatic rings. The number of hydrogen-bond acceptors (Lipinski definition) is 2. The first kappa shape index (κ1) is 7.31. The molecule has 0 bridgehead atoms. The lowest BCUT2D eigenvalue weighted by molar-refractivity contribution is 1.13. The predicted octanol–water partition coefficient (Wildman–Crippen LogP) is 2.75. The van der Waals surface area contributed by atoms with Gasteiger partial charge in [-0.1, -0.05) is 24.3 Å². The molecule has 2 nitrogen and oxygen atoms in total. The number of aromatic nitrogens is 2. The van der Waals surface area contributed by atoms with Crippen LogP contribution in [0, 0.1) is 0 Å². The summed E-state index contributed by atoms with van der Waals surface area (Å²) in [5.74, 6) is 0. The summed E-state index contributed by atoms with van der Waals surface area (Å²) in [5, 5.41) is 5.15. The van der Waals surface area contributed by atoms with E-state index in [4.69, 9.17) is 0 Å². The van der Waals surface area contributed by atoms with Gasteiger partial charge in [0.2, 0.25) is 0 Å². The molecule has 0 saturated carbocycles. The van der Waals surface area contributed by atoms with Crippen molar-refractivity contribution < 1.29 is 0 Å². The Morgan fingerprint density at radius 3 is 2.92 bits per heavy atom. The summed E-state index contributed by atoms with van der Waals surface area (Å²) in [7, 11) is 0. The summed E-state index contributed by atoms with van der Waals surface area (Å²) in [6, 6.07) is 12.2. The van der Waals surface area contributed by atoms with Crippen LogP contribution in [0.15, 0.2) is 42.6 Å². The molecule has 12 heavy (non-hydrogen) atoms. The summed E-state index contributed by atoms with van der Waals surface area (Å²) in [4.78, 5) is 0. The van der Waals surface area contributed by atoms with Crippen LogP contribution in [0.25, 0.3) is 10.1 Å². The van der Waals surface area contributed by atoms with Gasteiger partial charge in [-0.25, -0.2) is 4.49 Å². The summed E-state index contributed by atoms with van der Waals surface area (Å²) >= 11 is 1.52. The Balaban J connectivity index is 2.83.